The van der Waals surface area contributed by atoms with Gasteiger partial charge in [0.05, 0.1) is 5.92 Å². The minimum absolute atomic E-state index is 0.154. The maximum atomic E-state index is 11.0. The van der Waals surface area contributed by atoms with Crippen LogP contribution in [-0.4, -0.2) is 11.1 Å². The summed E-state index contributed by atoms with van der Waals surface area (Å²) < 4.78 is 0. The summed E-state index contributed by atoms with van der Waals surface area (Å²) in [6, 6.07) is 0. The molecule has 1 fully saturated rings. The number of hydrogen-bond acceptors (Lipinski definition) is 1. The Morgan fingerprint density at radius 3 is 2.64 bits per heavy atom. The molecule has 0 spiro atoms. The summed E-state index contributed by atoms with van der Waals surface area (Å²) in [5, 5.41) is 9.08. The average Bonchev–Trinajstić information content (AvgIpc) is 2.64. The van der Waals surface area contributed by atoms with Crippen LogP contribution in [-0.2, 0) is 4.79 Å². The van der Waals surface area contributed by atoms with E-state index in [0.29, 0.717) is 5.92 Å². The summed E-state index contributed by atoms with van der Waals surface area (Å²) in [6.07, 6.45) is 6.04. The molecule has 1 N–H and O–H groups in total. The van der Waals surface area contributed by atoms with Crippen LogP contribution in [0.2, 0.25) is 0 Å². The highest BCUT2D eigenvalue weighted by Crippen LogP contribution is 2.33. The van der Waals surface area contributed by atoms with Crippen LogP contribution in [0.1, 0.15) is 45.4 Å². The Hall–Kier alpha value is -0.970. The molecule has 0 aromatic heterocycles. The monoisotopic (exact) mass is 194 g/mol. The maximum absolute atomic E-state index is 11.0. The van der Waals surface area contributed by atoms with Gasteiger partial charge in [-0.2, -0.15) is 0 Å². The van der Waals surface area contributed by atoms with Gasteiger partial charge in [-0.05, 0) is 32.1 Å². The van der Waals surface area contributed by atoms with Crippen molar-refractivity contribution in [2.75, 3.05) is 0 Å². The molecule has 1 unspecified atom stereocenters. The van der Waals surface area contributed by atoms with E-state index >= 15 is 0 Å². The summed E-state index contributed by atoms with van der Waals surface area (Å²) in [5.74, 6) is 5.38. The average molecular weight is 194 g/mol. The molecule has 14 heavy (non-hydrogen) atoms. The fraction of sp³-hybridized carbons (Fsp3) is 0.750. The zero-order chi connectivity index (χ0) is 10.4. The molecular weight excluding hydrogens is 176 g/mol. The normalized spacial score (nSPS) is 18.6. The van der Waals surface area contributed by atoms with Gasteiger partial charge in [0.2, 0.25) is 0 Å². The zero-order valence-electron chi connectivity index (χ0n) is 8.75. The lowest BCUT2D eigenvalue weighted by Crippen LogP contribution is -2.21. The van der Waals surface area contributed by atoms with E-state index in [2.05, 4.69) is 11.8 Å². The Balaban J connectivity index is 2.44. The fourth-order valence-electron chi connectivity index (χ4n) is 2.27. The van der Waals surface area contributed by atoms with Crippen LogP contribution in [0, 0.1) is 23.7 Å². The van der Waals surface area contributed by atoms with E-state index in [-0.39, 0.29) is 5.92 Å². The molecule has 78 valence electrons. The Kier molecular flexibility index (Phi) is 4.52. The van der Waals surface area contributed by atoms with Crippen molar-refractivity contribution in [1.29, 1.82) is 0 Å². The lowest BCUT2D eigenvalue weighted by Gasteiger charge is -2.17. The van der Waals surface area contributed by atoms with Gasteiger partial charge in [-0.3, -0.25) is 4.79 Å². The van der Waals surface area contributed by atoms with Crippen molar-refractivity contribution >= 4 is 5.97 Å². The van der Waals surface area contributed by atoms with E-state index in [4.69, 9.17) is 5.11 Å². The first-order chi connectivity index (χ1) is 6.75. The molecule has 1 atom stereocenters. The highest BCUT2D eigenvalue weighted by molar-refractivity contribution is 5.70. The van der Waals surface area contributed by atoms with Gasteiger partial charge in [0.1, 0.15) is 0 Å². The van der Waals surface area contributed by atoms with Crippen LogP contribution in [0.15, 0.2) is 0 Å². The van der Waals surface area contributed by atoms with Crippen molar-refractivity contribution in [3.63, 3.8) is 0 Å². The molecule has 0 heterocycles. The number of rotatable bonds is 4. The van der Waals surface area contributed by atoms with Crippen molar-refractivity contribution < 1.29 is 9.90 Å². The lowest BCUT2D eigenvalue weighted by molar-refractivity contribution is -0.143. The molecule has 0 radical (unpaired) electrons. The minimum atomic E-state index is -0.630. The first-order valence-corrected chi connectivity index (χ1v) is 5.38. The number of hydrogen-bond donors (Lipinski definition) is 1. The SMILES string of the molecule is CC#CCCC(C(=O)O)C1CCCC1. The fourth-order valence-corrected chi connectivity index (χ4v) is 2.27. The zero-order valence-corrected chi connectivity index (χ0v) is 8.75. The van der Waals surface area contributed by atoms with E-state index in [0.717, 1.165) is 25.7 Å². The van der Waals surface area contributed by atoms with Gasteiger partial charge in [0, 0.05) is 6.42 Å². The first kappa shape index (κ1) is 11.1. The van der Waals surface area contributed by atoms with Gasteiger partial charge >= 0.3 is 5.97 Å². The van der Waals surface area contributed by atoms with Gasteiger partial charge < -0.3 is 5.11 Å². The topological polar surface area (TPSA) is 37.3 Å². The second kappa shape index (κ2) is 5.70. The lowest BCUT2D eigenvalue weighted by atomic mass is 9.87. The molecular formula is C12H18O2. The number of carbonyl (C=O) groups is 1. The molecule has 1 aliphatic rings. The first-order valence-electron chi connectivity index (χ1n) is 5.38. The van der Waals surface area contributed by atoms with Crippen LogP contribution >= 0.6 is 0 Å². The van der Waals surface area contributed by atoms with Gasteiger partial charge in [0.15, 0.2) is 0 Å². The van der Waals surface area contributed by atoms with Crippen molar-refractivity contribution in [3.8, 4) is 11.8 Å². The summed E-state index contributed by atoms with van der Waals surface area (Å²) in [5.41, 5.74) is 0. The van der Waals surface area contributed by atoms with Gasteiger partial charge in [0.25, 0.3) is 0 Å². The van der Waals surface area contributed by atoms with Crippen LogP contribution < -0.4 is 0 Å². The second-order valence-corrected chi connectivity index (χ2v) is 3.95. The van der Waals surface area contributed by atoms with E-state index in [9.17, 15) is 4.79 Å². The summed E-state index contributed by atoms with van der Waals surface area (Å²) in [6.45, 7) is 1.80. The Morgan fingerprint density at radius 2 is 2.14 bits per heavy atom. The third kappa shape index (κ3) is 3.06. The maximum Gasteiger partial charge on any atom is 0.306 e. The van der Waals surface area contributed by atoms with Gasteiger partial charge in [-0.15, -0.1) is 11.8 Å². The molecule has 0 saturated heterocycles. The van der Waals surface area contributed by atoms with Crippen LogP contribution in [0.5, 0.6) is 0 Å². The number of aliphatic carboxylic acids is 1. The molecule has 1 saturated carbocycles. The molecule has 2 heteroatoms. The third-order valence-corrected chi connectivity index (χ3v) is 3.04. The van der Waals surface area contributed by atoms with Crippen molar-refractivity contribution in [2.45, 2.75) is 45.4 Å². The summed E-state index contributed by atoms with van der Waals surface area (Å²) >= 11 is 0. The van der Waals surface area contributed by atoms with Crippen molar-refractivity contribution in [3.05, 3.63) is 0 Å². The third-order valence-electron chi connectivity index (χ3n) is 3.04. The predicted octanol–water partition coefficient (Wildman–Crippen LogP) is 2.68. The highest BCUT2D eigenvalue weighted by atomic mass is 16.4. The molecule has 0 bridgehead atoms. The molecule has 2 nitrogen and oxygen atoms in total. The van der Waals surface area contributed by atoms with E-state index < -0.39 is 5.97 Å². The largest absolute Gasteiger partial charge is 0.481 e. The van der Waals surface area contributed by atoms with Crippen LogP contribution in [0.3, 0.4) is 0 Å². The molecule has 0 aromatic rings. The van der Waals surface area contributed by atoms with Crippen molar-refractivity contribution in [2.24, 2.45) is 11.8 Å². The predicted molar refractivity (Wildman–Crippen MR) is 55.8 cm³/mol. The van der Waals surface area contributed by atoms with Crippen molar-refractivity contribution in [1.82, 2.24) is 0 Å². The van der Waals surface area contributed by atoms with E-state index in [1.165, 1.54) is 12.8 Å². The Morgan fingerprint density at radius 1 is 1.50 bits per heavy atom. The number of carboxylic acid groups (broad SMARTS) is 1. The van der Waals surface area contributed by atoms with Crippen LogP contribution in [0.25, 0.3) is 0 Å². The number of carboxylic acids is 1. The molecule has 1 aliphatic carbocycles. The standard InChI is InChI=1S/C12H18O2/c1-2-3-4-9-11(12(13)14)10-7-5-6-8-10/h10-11H,4-9H2,1H3,(H,13,14). The van der Waals surface area contributed by atoms with Gasteiger partial charge in [-0.1, -0.05) is 12.8 Å². The smallest absolute Gasteiger partial charge is 0.306 e. The molecule has 0 aromatic carbocycles. The molecule has 1 rings (SSSR count). The minimum Gasteiger partial charge on any atom is -0.481 e. The molecule has 0 amide bonds. The summed E-state index contributed by atoms with van der Waals surface area (Å²) in [7, 11) is 0. The van der Waals surface area contributed by atoms with E-state index in [1.807, 2.05) is 0 Å². The van der Waals surface area contributed by atoms with Gasteiger partial charge in [-0.25, -0.2) is 0 Å². The molecule has 0 aliphatic heterocycles. The summed E-state index contributed by atoms with van der Waals surface area (Å²) in [4.78, 5) is 11.0. The quantitative estimate of drug-likeness (QED) is 0.699. The second-order valence-electron chi connectivity index (χ2n) is 3.95. The van der Waals surface area contributed by atoms with Crippen LogP contribution in [0.4, 0.5) is 0 Å². The Bertz CT molecular complexity index is 241. The van der Waals surface area contributed by atoms with E-state index in [1.54, 1.807) is 6.92 Å². The Labute approximate surface area is 85.7 Å². The highest BCUT2D eigenvalue weighted by Gasteiger charge is 2.29.